The average Bonchev–Trinajstić information content (AvgIpc) is 2.15. The molecule has 0 heterocycles. The molecule has 1 aromatic rings. The number of hydrogen-bond acceptors (Lipinski definition) is 0. The molecule has 0 nitrogen and oxygen atoms in total. The summed E-state index contributed by atoms with van der Waals surface area (Å²) in [4.78, 5) is 0. The van der Waals surface area contributed by atoms with Crippen LogP contribution in [0.1, 0.15) is 40.7 Å². The number of rotatable bonds is 1. The van der Waals surface area contributed by atoms with Crippen molar-refractivity contribution in [1.82, 2.24) is 0 Å². The Labute approximate surface area is 87.4 Å². The first-order chi connectivity index (χ1) is 6.49. The van der Waals surface area contributed by atoms with Gasteiger partial charge in [0.15, 0.2) is 0 Å². The summed E-state index contributed by atoms with van der Waals surface area (Å²) in [6.07, 6.45) is 5.49. The Morgan fingerprint density at radius 3 is 1.86 bits per heavy atom. The van der Waals surface area contributed by atoms with E-state index >= 15 is 0 Å². The minimum Gasteiger partial charge on any atom is -0.119 e. The zero-order chi connectivity index (χ0) is 10.9. The van der Waals surface area contributed by atoms with Crippen molar-refractivity contribution in [2.75, 3.05) is 0 Å². The molecule has 0 heteroatoms. The van der Waals surface area contributed by atoms with Crippen LogP contribution in [-0.4, -0.2) is 0 Å². The van der Waals surface area contributed by atoms with Gasteiger partial charge in [-0.3, -0.25) is 0 Å². The van der Waals surface area contributed by atoms with Gasteiger partial charge in [-0.25, -0.2) is 0 Å². The van der Waals surface area contributed by atoms with Gasteiger partial charge in [-0.05, 0) is 62.4 Å². The zero-order valence-electron chi connectivity index (χ0n) is 9.73. The van der Waals surface area contributed by atoms with Crippen molar-refractivity contribution < 1.29 is 0 Å². The first-order valence-corrected chi connectivity index (χ1v) is 5.02. The smallest absolute Gasteiger partial charge is 0.0426 e. The molecule has 0 fully saturated rings. The summed E-state index contributed by atoms with van der Waals surface area (Å²) < 4.78 is 0. The minimum atomic E-state index is 0.216. The third kappa shape index (κ3) is 1.68. The van der Waals surface area contributed by atoms with Gasteiger partial charge in [0.2, 0.25) is 0 Å². The van der Waals surface area contributed by atoms with Crippen LogP contribution < -0.4 is 0 Å². The molecule has 74 valence electrons. The molecule has 0 radical (unpaired) electrons. The van der Waals surface area contributed by atoms with E-state index in [1.54, 1.807) is 0 Å². The van der Waals surface area contributed by atoms with E-state index in [1.165, 1.54) is 27.8 Å². The Bertz CT molecular complexity index is 365. The van der Waals surface area contributed by atoms with Crippen LogP contribution in [-0.2, 0) is 0 Å². The van der Waals surface area contributed by atoms with Crippen LogP contribution >= 0.6 is 0 Å². The van der Waals surface area contributed by atoms with Crippen molar-refractivity contribution in [3.05, 3.63) is 33.9 Å². The summed E-state index contributed by atoms with van der Waals surface area (Å²) in [7, 11) is 0. The van der Waals surface area contributed by atoms with Crippen molar-refractivity contribution in [3.8, 4) is 12.3 Å². The molecule has 1 atom stereocenters. The molecule has 0 aliphatic carbocycles. The molecular formula is C14H18. The third-order valence-electron chi connectivity index (χ3n) is 3.11. The quantitative estimate of drug-likeness (QED) is 0.587. The second-order valence-corrected chi connectivity index (χ2v) is 4.06. The van der Waals surface area contributed by atoms with Crippen molar-refractivity contribution >= 4 is 0 Å². The fraction of sp³-hybridized carbons (Fsp3) is 0.429. The van der Waals surface area contributed by atoms with E-state index in [-0.39, 0.29) is 5.92 Å². The summed E-state index contributed by atoms with van der Waals surface area (Å²) in [5.74, 6) is 3.03. The van der Waals surface area contributed by atoms with Gasteiger partial charge in [0.05, 0.1) is 0 Å². The molecular weight excluding hydrogens is 168 g/mol. The molecule has 1 aromatic carbocycles. The monoisotopic (exact) mass is 186 g/mol. The summed E-state index contributed by atoms with van der Waals surface area (Å²) in [5, 5.41) is 0. The summed E-state index contributed by atoms with van der Waals surface area (Å²) in [6.45, 7) is 10.7. The number of terminal acetylenes is 1. The Morgan fingerprint density at radius 2 is 1.50 bits per heavy atom. The first-order valence-electron chi connectivity index (χ1n) is 5.02. The van der Waals surface area contributed by atoms with Gasteiger partial charge in [-0.1, -0.05) is 12.0 Å². The Balaban J connectivity index is 3.49. The lowest BCUT2D eigenvalue weighted by atomic mass is 9.87. The molecule has 0 aromatic heterocycles. The molecule has 0 amide bonds. The van der Waals surface area contributed by atoms with Gasteiger partial charge < -0.3 is 0 Å². The van der Waals surface area contributed by atoms with Gasteiger partial charge in [0.25, 0.3) is 0 Å². The normalized spacial score (nSPS) is 12.3. The molecule has 1 unspecified atom stereocenters. The van der Waals surface area contributed by atoms with E-state index in [1.807, 2.05) is 0 Å². The van der Waals surface area contributed by atoms with Crippen LogP contribution in [0.25, 0.3) is 0 Å². The van der Waals surface area contributed by atoms with E-state index in [0.29, 0.717) is 0 Å². The third-order valence-corrected chi connectivity index (χ3v) is 3.11. The van der Waals surface area contributed by atoms with Crippen LogP contribution in [0, 0.1) is 40.0 Å². The molecule has 0 N–H and O–H groups in total. The van der Waals surface area contributed by atoms with Gasteiger partial charge in [0, 0.05) is 5.92 Å². The van der Waals surface area contributed by atoms with Crippen molar-refractivity contribution in [2.24, 2.45) is 0 Å². The van der Waals surface area contributed by atoms with Crippen molar-refractivity contribution in [2.45, 2.75) is 40.5 Å². The van der Waals surface area contributed by atoms with Crippen LogP contribution in [0.2, 0.25) is 0 Å². The SMILES string of the molecule is C#CC(C)c1c(C)c(C)cc(C)c1C. The maximum atomic E-state index is 5.49. The summed E-state index contributed by atoms with van der Waals surface area (Å²) in [6, 6.07) is 2.23. The maximum Gasteiger partial charge on any atom is 0.0426 e. The van der Waals surface area contributed by atoms with Crippen LogP contribution in [0.3, 0.4) is 0 Å². The molecule has 0 saturated carbocycles. The fourth-order valence-corrected chi connectivity index (χ4v) is 1.98. The molecule has 0 aliphatic heterocycles. The van der Waals surface area contributed by atoms with E-state index in [4.69, 9.17) is 6.42 Å². The van der Waals surface area contributed by atoms with Gasteiger partial charge in [0.1, 0.15) is 0 Å². The van der Waals surface area contributed by atoms with Crippen LogP contribution in [0.5, 0.6) is 0 Å². The summed E-state index contributed by atoms with van der Waals surface area (Å²) in [5.41, 5.74) is 6.71. The Morgan fingerprint density at radius 1 is 1.07 bits per heavy atom. The molecule has 0 spiro atoms. The minimum absolute atomic E-state index is 0.216. The lowest BCUT2D eigenvalue weighted by Gasteiger charge is -2.17. The van der Waals surface area contributed by atoms with E-state index < -0.39 is 0 Å². The highest BCUT2D eigenvalue weighted by Crippen LogP contribution is 2.27. The Kier molecular flexibility index (Phi) is 3.01. The van der Waals surface area contributed by atoms with E-state index in [9.17, 15) is 0 Å². The zero-order valence-corrected chi connectivity index (χ0v) is 9.73. The average molecular weight is 186 g/mol. The van der Waals surface area contributed by atoms with Gasteiger partial charge in [-0.15, -0.1) is 6.42 Å². The van der Waals surface area contributed by atoms with Crippen molar-refractivity contribution in [3.63, 3.8) is 0 Å². The number of hydrogen-bond donors (Lipinski definition) is 0. The standard InChI is InChI=1S/C14H18/c1-7-9(2)14-12(5)10(3)8-11(4)13(14)6/h1,8-9H,2-6H3. The first kappa shape index (κ1) is 10.9. The lowest BCUT2D eigenvalue weighted by Crippen LogP contribution is -2.02. The second-order valence-electron chi connectivity index (χ2n) is 4.06. The number of aryl methyl sites for hydroxylation is 2. The number of benzene rings is 1. The molecule has 0 bridgehead atoms. The molecule has 1 rings (SSSR count). The highest BCUT2D eigenvalue weighted by molar-refractivity contribution is 5.47. The largest absolute Gasteiger partial charge is 0.119 e. The predicted octanol–water partition coefficient (Wildman–Crippen LogP) is 3.66. The van der Waals surface area contributed by atoms with E-state index in [0.717, 1.165) is 0 Å². The summed E-state index contributed by atoms with van der Waals surface area (Å²) >= 11 is 0. The molecule has 0 saturated heterocycles. The molecule has 14 heavy (non-hydrogen) atoms. The lowest BCUT2D eigenvalue weighted by molar-refractivity contribution is 0.956. The fourth-order valence-electron chi connectivity index (χ4n) is 1.98. The predicted molar refractivity (Wildman–Crippen MR) is 62.6 cm³/mol. The van der Waals surface area contributed by atoms with Crippen molar-refractivity contribution in [1.29, 1.82) is 0 Å². The van der Waals surface area contributed by atoms with Gasteiger partial charge in [-0.2, -0.15) is 0 Å². The highest BCUT2D eigenvalue weighted by atomic mass is 14.2. The highest BCUT2D eigenvalue weighted by Gasteiger charge is 2.12. The maximum absolute atomic E-state index is 5.49. The molecule has 0 aliphatic rings. The topological polar surface area (TPSA) is 0 Å². The van der Waals surface area contributed by atoms with E-state index in [2.05, 4.69) is 46.6 Å². The van der Waals surface area contributed by atoms with Crippen LogP contribution in [0.4, 0.5) is 0 Å². The van der Waals surface area contributed by atoms with Crippen LogP contribution in [0.15, 0.2) is 6.07 Å². The Hall–Kier alpha value is -1.22. The van der Waals surface area contributed by atoms with Gasteiger partial charge >= 0.3 is 0 Å². The second kappa shape index (κ2) is 3.88.